The fourth-order valence-electron chi connectivity index (χ4n) is 3.50. The standard InChI is InChI=1S/C24H28O/c1-3-24(17-14-20-10-12-23(13-11-20)25-4-2)18-15-22(16-19-24)21-8-6-5-7-9-21/h5-13,15-16,18H,3-4,14,17,19H2,1-2H3/t24-/m0/s1. The predicted molar refractivity (Wildman–Crippen MR) is 107 cm³/mol. The van der Waals surface area contributed by atoms with Crippen LogP contribution >= 0.6 is 0 Å². The van der Waals surface area contributed by atoms with Crippen LogP contribution in [0.2, 0.25) is 0 Å². The molecule has 1 aliphatic rings. The lowest BCUT2D eigenvalue weighted by atomic mass is 9.73. The number of hydrogen-bond donors (Lipinski definition) is 0. The molecule has 0 amide bonds. The first-order valence-corrected chi connectivity index (χ1v) is 9.41. The highest BCUT2D eigenvalue weighted by molar-refractivity contribution is 5.75. The third kappa shape index (κ3) is 4.42. The lowest BCUT2D eigenvalue weighted by molar-refractivity contribution is 0.337. The molecule has 0 bridgehead atoms. The third-order valence-electron chi connectivity index (χ3n) is 5.30. The van der Waals surface area contributed by atoms with Gasteiger partial charge < -0.3 is 4.74 Å². The summed E-state index contributed by atoms with van der Waals surface area (Å²) in [4.78, 5) is 0. The maximum absolute atomic E-state index is 5.53. The van der Waals surface area contributed by atoms with Gasteiger partial charge in [-0.15, -0.1) is 0 Å². The van der Waals surface area contributed by atoms with E-state index in [0.717, 1.165) is 25.2 Å². The molecule has 2 aromatic rings. The molecule has 1 aliphatic carbocycles. The molecule has 1 nitrogen and oxygen atoms in total. The second kappa shape index (κ2) is 8.20. The molecule has 0 N–H and O–H groups in total. The van der Waals surface area contributed by atoms with E-state index in [1.165, 1.54) is 29.5 Å². The molecule has 0 radical (unpaired) electrons. The molecule has 3 rings (SSSR count). The van der Waals surface area contributed by atoms with E-state index in [-0.39, 0.29) is 5.41 Å². The molecule has 0 aliphatic heterocycles. The Morgan fingerprint density at radius 1 is 0.960 bits per heavy atom. The first-order chi connectivity index (χ1) is 12.2. The Bertz CT molecular complexity index is 724. The number of allylic oxidation sites excluding steroid dienone is 4. The van der Waals surface area contributed by atoms with E-state index in [9.17, 15) is 0 Å². The van der Waals surface area contributed by atoms with E-state index in [4.69, 9.17) is 4.74 Å². The molecule has 0 saturated heterocycles. The molecule has 25 heavy (non-hydrogen) atoms. The minimum absolute atomic E-state index is 0.289. The normalized spacial score (nSPS) is 19.5. The van der Waals surface area contributed by atoms with E-state index in [2.05, 4.69) is 79.7 Å². The average Bonchev–Trinajstić information content (AvgIpc) is 2.69. The maximum Gasteiger partial charge on any atom is 0.119 e. The van der Waals surface area contributed by atoms with Crippen molar-refractivity contribution in [2.45, 2.75) is 39.5 Å². The summed E-state index contributed by atoms with van der Waals surface area (Å²) in [5.74, 6) is 0.962. The van der Waals surface area contributed by atoms with Crippen molar-refractivity contribution < 1.29 is 4.74 Å². The Morgan fingerprint density at radius 2 is 1.72 bits per heavy atom. The van der Waals surface area contributed by atoms with Gasteiger partial charge in [0.1, 0.15) is 5.75 Å². The highest BCUT2D eigenvalue weighted by atomic mass is 16.5. The van der Waals surface area contributed by atoms with Crippen molar-refractivity contribution in [1.29, 1.82) is 0 Å². The van der Waals surface area contributed by atoms with Gasteiger partial charge in [-0.25, -0.2) is 0 Å². The maximum atomic E-state index is 5.53. The Labute approximate surface area is 152 Å². The summed E-state index contributed by atoms with van der Waals surface area (Å²) in [6, 6.07) is 19.2. The summed E-state index contributed by atoms with van der Waals surface area (Å²) in [6.07, 6.45) is 11.8. The predicted octanol–water partition coefficient (Wildman–Crippen LogP) is 6.46. The van der Waals surface area contributed by atoms with Crippen molar-refractivity contribution in [2.24, 2.45) is 5.41 Å². The van der Waals surface area contributed by atoms with E-state index in [1.807, 2.05) is 6.92 Å². The lowest BCUT2D eigenvalue weighted by Gasteiger charge is -2.31. The molecule has 1 atom stereocenters. The van der Waals surface area contributed by atoms with Crippen LogP contribution < -0.4 is 4.74 Å². The van der Waals surface area contributed by atoms with Crippen molar-refractivity contribution in [1.82, 2.24) is 0 Å². The summed E-state index contributed by atoms with van der Waals surface area (Å²) >= 11 is 0. The van der Waals surface area contributed by atoms with Gasteiger partial charge in [0.2, 0.25) is 0 Å². The quantitative estimate of drug-likeness (QED) is 0.565. The molecular weight excluding hydrogens is 304 g/mol. The largest absolute Gasteiger partial charge is 0.494 e. The number of benzene rings is 2. The van der Waals surface area contributed by atoms with E-state index < -0.39 is 0 Å². The molecular formula is C24H28O. The number of rotatable bonds is 7. The van der Waals surface area contributed by atoms with E-state index >= 15 is 0 Å². The van der Waals surface area contributed by atoms with Crippen LogP contribution in [-0.4, -0.2) is 6.61 Å². The van der Waals surface area contributed by atoms with Crippen molar-refractivity contribution in [3.63, 3.8) is 0 Å². The van der Waals surface area contributed by atoms with Gasteiger partial charge in [0, 0.05) is 0 Å². The van der Waals surface area contributed by atoms with Crippen molar-refractivity contribution in [3.8, 4) is 5.75 Å². The van der Waals surface area contributed by atoms with Crippen molar-refractivity contribution in [3.05, 3.63) is 84.0 Å². The van der Waals surface area contributed by atoms with Crippen molar-refractivity contribution in [2.75, 3.05) is 6.61 Å². The number of aryl methyl sites for hydroxylation is 1. The smallest absolute Gasteiger partial charge is 0.119 e. The average molecular weight is 332 g/mol. The molecule has 2 aromatic carbocycles. The fourth-order valence-corrected chi connectivity index (χ4v) is 3.50. The Hall–Kier alpha value is -2.28. The van der Waals surface area contributed by atoms with Crippen LogP contribution in [0.3, 0.4) is 0 Å². The minimum Gasteiger partial charge on any atom is -0.494 e. The van der Waals surface area contributed by atoms with Gasteiger partial charge in [-0.3, -0.25) is 0 Å². The zero-order valence-corrected chi connectivity index (χ0v) is 15.4. The fraction of sp³-hybridized carbons (Fsp3) is 0.333. The summed E-state index contributed by atoms with van der Waals surface area (Å²) in [7, 11) is 0. The molecule has 0 heterocycles. The number of ether oxygens (including phenoxy) is 1. The molecule has 0 fully saturated rings. The Morgan fingerprint density at radius 3 is 2.32 bits per heavy atom. The van der Waals surface area contributed by atoms with Gasteiger partial charge in [-0.05, 0) is 66.9 Å². The Balaban J connectivity index is 1.63. The summed E-state index contributed by atoms with van der Waals surface area (Å²) in [5, 5.41) is 0. The van der Waals surface area contributed by atoms with Gasteiger partial charge in [0.15, 0.2) is 0 Å². The van der Waals surface area contributed by atoms with E-state index in [1.54, 1.807) is 0 Å². The van der Waals surface area contributed by atoms with Crippen LogP contribution in [0.15, 0.2) is 72.8 Å². The van der Waals surface area contributed by atoms with Crippen LogP contribution in [0.25, 0.3) is 5.57 Å². The van der Waals surface area contributed by atoms with Crippen LogP contribution in [-0.2, 0) is 6.42 Å². The van der Waals surface area contributed by atoms with Crippen molar-refractivity contribution >= 4 is 5.57 Å². The van der Waals surface area contributed by atoms with Gasteiger partial charge >= 0.3 is 0 Å². The van der Waals surface area contributed by atoms with Crippen LogP contribution in [0.4, 0.5) is 0 Å². The monoisotopic (exact) mass is 332 g/mol. The summed E-state index contributed by atoms with van der Waals surface area (Å²) in [5.41, 5.74) is 4.35. The van der Waals surface area contributed by atoms with Crippen LogP contribution in [0.5, 0.6) is 5.75 Å². The molecule has 0 unspecified atom stereocenters. The first-order valence-electron chi connectivity index (χ1n) is 9.41. The first kappa shape index (κ1) is 17.5. The number of hydrogen-bond acceptors (Lipinski definition) is 1. The lowest BCUT2D eigenvalue weighted by Crippen LogP contribution is -2.19. The molecule has 0 saturated carbocycles. The minimum atomic E-state index is 0.289. The summed E-state index contributed by atoms with van der Waals surface area (Å²) < 4.78 is 5.53. The van der Waals surface area contributed by atoms with Gasteiger partial charge in [-0.2, -0.15) is 0 Å². The molecule has 1 heteroatoms. The zero-order valence-electron chi connectivity index (χ0n) is 15.4. The Kier molecular flexibility index (Phi) is 5.75. The van der Waals surface area contributed by atoms with Gasteiger partial charge in [-0.1, -0.05) is 67.6 Å². The second-order valence-electron chi connectivity index (χ2n) is 6.86. The highest BCUT2D eigenvalue weighted by Crippen LogP contribution is 2.39. The second-order valence-corrected chi connectivity index (χ2v) is 6.86. The highest BCUT2D eigenvalue weighted by Gasteiger charge is 2.26. The molecule has 0 aromatic heterocycles. The van der Waals surface area contributed by atoms with Gasteiger partial charge in [0.25, 0.3) is 0 Å². The van der Waals surface area contributed by atoms with E-state index in [0.29, 0.717) is 0 Å². The zero-order chi connectivity index (χ0) is 17.5. The van der Waals surface area contributed by atoms with Gasteiger partial charge in [0.05, 0.1) is 6.61 Å². The molecule has 130 valence electrons. The van der Waals surface area contributed by atoms with Crippen LogP contribution in [0.1, 0.15) is 44.2 Å². The topological polar surface area (TPSA) is 9.23 Å². The van der Waals surface area contributed by atoms with Crippen LogP contribution in [0, 0.1) is 5.41 Å². The SMILES string of the molecule is CCOc1ccc(CC[C@@]2(CC)C=CC(c3ccccc3)=CC2)cc1. The summed E-state index contributed by atoms with van der Waals surface area (Å²) in [6.45, 7) is 5.05. The third-order valence-corrected chi connectivity index (χ3v) is 5.30. The molecule has 0 spiro atoms.